The van der Waals surface area contributed by atoms with Crippen LogP contribution in [0, 0.1) is 0 Å². The van der Waals surface area contributed by atoms with Crippen molar-refractivity contribution in [2.45, 2.75) is 45.1 Å². The molecule has 3 nitrogen and oxygen atoms in total. The van der Waals surface area contributed by atoms with Gasteiger partial charge in [-0.2, -0.15) is 0 Å². The topological polar surface area (TPSA) is 40.5 Å². The molecule has 3 heteroatoms. The van der Waals surface area contributed by atoms with Gasteiger partial charge in [-0.3, -0.25) is 4.79 Å². The Labute approximate surface area is 80.7 Å². The fourth-order valence-electron chi connectivity index (χ4n) is 1.15. The lowest BCUT2D eigenvalue weighted by Crippen LogP contribution is -2.24. The number of unbranched alkanes of at least 4 members (excludes halogenated alkanes) is 2. The van der Waals surface area contributed by atoms with Crippen molar-refractivity contribution in [3.8, 4) is 0 Å². The van der Waals surface area contributed by atoms with Gasteiger partial charge in [0.25, 0.3) is 0 Å². The molecule has 0 aromatic rings. The Hall–Kier alpha value is -0.570. The van der Waals surface area contributed by atoms with Crippen LogP contribution < -0.4 is 0 Å². The molecule has 0 fully saturated rings. The van der Waals surface area contributed by atoms with Crippen LogP contribution in [0.3, 0.4) is 0 Å². The summed E-state index contributed by atoms with van der Waals surface area (Å²) >= 11 is 0. The van der Waals surface area contributed by atoms with Gasteiger partial charge in [0.05, 0.1) is 0 Å². The van der Waals surface area contributed by atoms with E-state index < -0.39 is 5.97 Å². The minimum Gasteiger partial charge on any atom is -0.481 e. The van der Waals surface area contributed by atoms with Crippen LogP contribution in [0.5, 0.6) is 0 Å². The third-order valence-corrected chi connectivity index (χ3v) is 2.39. The Kier molecular flexibility index (Phi) is 6.59. The highest BCUT2D eigenvalue weighted by Gasteiger charge is 2.03. The minimum absolute atomic E-state index is 0.316. The molecule has 0 amide bonds. The smallest absolute Gasteiger partial charge is 0.303 e. The molecule has 0 saturated carbocycles. The van der Waals surface area contributed by atoms with E-state index in [1.54, 1.807) is 0 Å². The van der Waals surface area contributed by atoms with Crippen molar-refractivity contribution in [2.24, 2.45) is 0 Å². The van der Waals surface area contributed by atoms with Crippen molar-refractivity contribution in [1.82, 2.24) is 4.90 Å². The van der Waals surface area contributed by atoms with Crippen LogP contribution >= 0.6 is 0 Å². The standard InChI is InChI=1S/C10H21NO2/c1-9(11(2)3)7-5-4-6-8-10(12)13/h9H,4-8H2,1-3H3,(H,12,13). The largest absolute Gasteiger partial charge is 0.481 e. The van der Waals surface area contributed by atoms with Crippen LogP contribution in [0.1, 0.15) is 39.0 Å². The molecule has 0 saturated heterocycles. The second kappa shape index (κ2) is 6.89. The maximum Gasteiger partial charge on any atom is 0.303 e. The van der Waals surface area contributed by atoms with E-state index in [9.17, 15) is 4.79 Å². The molecular weight excluding hydrogens is 166 g/mol. The molecule has 0 bridgehead atoms. The summed E-state index contributed by atoms with van der Waals surface area (Å²) in [6, 6.07) is 0.602. The first-order valence-corrected chi connectivity index (χ1v) is 4.92. The molecule has 0 aliphatic rings. The fourth-order valence-corrected chi connectivity index (χ4v) is 1.15. The SMILES string of the molecule is CC(CCCCCC(=O)O)N(C)C. The van der Waals surface area contributed by atoms with Gasteiger partial charge in [0.1, 0.15) is 0 Å². The Bertz CT molecular complexity index is 146. The number of nitrogens with zero attached hydrogens (tertiary/aromatic N) is 1. The van der Waals surface area contributed by atoms with Crippen molar-refractivity contribution in [1.29, 1.82) is 0 Å². The minimum atomic E-state index is -0.680. The molecule has 0 radical (unpaired) electrons. The molecule has 0 aliphatic carbocycles. The summed E-state index contributed by atoms with van der Waals surface area (Å²) in [7, 11) is 4.14. The van der Waals surface area contributed by atoms with Gasteiger partial charge >= 0.3 is 5.97 Å². The maximum absolute atomic E-state index is 10.2. The predicted octanol–water partition coefficient (Wildman–Crippen LogP) is 1.97. The number of rotatable bonds is 7. The normalized spacial score (nSPS) is 13.2. The Balaban J connectivity index is 3.21. The lowest BCUT2D eigenvalue weighted by atomic mass is 10.1. The molecule has 1 unspecified atom stereocenters. The number of aliphatic carboxylic acids is 1. The van der Waals surface area contributed by atoms with Crippen molar-refractivity contribution in [3.63, 3.8) is 0 Å². The van der Waals surface area contributed by atoms with Gasteiger partial charge in [0, 0.05) is 12.5 Å². The molecule has 13 heavy (non-hydrogen) atoms. The third kappa shape index (κ3) is 7.78. The van der Waals surface area contributed by atoms with Gasteiger partial charge in [-0.15, -0.1) is 0 Å². The highest BCUT2D eigenvalue weighted by atomic mass is 16.4. The summed E-state index contributed by atoms with van der Waals surface area (Å²) in [5, 5.41) is 8.40. The van der Waals surface area contributed by atoms with E-state index in [1.807, 2.05) is 0 Å². The van der Waals surface area contributed by atoms with E-state index in [1.165, 1.54) is 0 Å². The summed E-state index contributed by atoms with van der Waals surface area (Å²) in [4.78, 5) is 12.4. The number of hydrogen-bond acceptors (Lipinski definition) is 2. The van der Waals surface area contributed by atoms with E-state index in [-0.39, 0.29) is 0 Å². The highest BCUT2D eigenvalue weighted by molar-refractivity contribution is 5.66. The molecule has 78 valence electrons. The summed E-state index contributed by atoms with van der Waals surface area (Å²) in [6.45, 7) is 2.19. The fraction of sp³-hybridized carbons (Fsp3) is 0.900. The first kappa shape index (κ1) is 12.4. The van der Waals surface area contributed by atoms with Gasteiger partial charge in [-0.25, -0.2) is 0 Å². The van der Waals surface area contributed by atoms with Gasteiger partial charge in [0.2, 0.25) is 0 Å². The average Bonchev–Trinajstić information content (AvgIpc) is 2.02. The molecule has 0 aromatic heterocycles. The van der Waals surface area contributed by atoms with Crippen LogP contribution in [-0.4, -0.2) is 36.1 Å². The molecule has 0 aliphatic heterocycles. The molecule has 0 aromatic carbocycles. The Morgan fingerprint density at radius 1 is 1.31 bits per heavy atom. The molecule has 0 spiro atoms. The predicted molar refractivity (Wildman–Crippen MR) is 53.9 cm³/mol. The van der Waals surface area contributed by atoms with Crippen LogP contribution in [0.25, 0.3) is 0 Å². The number of carboxylic acids is 1. The van der Waals surface area contributed by atoms with E-state index in [2.05, 4.69) is 25.9 Å². The lowest BCUT2D eigenvalue weighted by Gasteiger charge is -2.19. The summed E-state index contributed by atoms with van der Waals surface area (Å²) in [6.07, 6.45) is 4.45. The first-order valence-electron chi connectivity index (χ1n) is 4.92. The zero-order chi connectivity index (χ0) is 10.3. The monoisotopic (exact) mass is 187 g/mol. The zero-order valence-electron chi connectivity index (χ0n) is 8.92. The van der Waals surface area contributed by atoms with Crippen molar-refractivity contribution >= 4 is 5.97 Å². The third-order valence-electron chi connectivity index (χ3n) is 2.39. The van der Waals surface area contributed by atoms with Crippen LogP contribution in [-0.2, 0) is 4.79 Å². The van der Waals surface area contributed by atoms with E-state index in [0.29, 0.717) is 12.5 Å². The lowest BCUT2D eigenvalue weighted by molar-refractivity contribution is -0.137. The van der Waals surface area contributed by atoms with Crippen molar-refractivity contribution in [3.05, 3.63) is 0 Å². The zero-order valence-corrected chi connectivity index (χ0v) is 8.92. The van der Waals surface area contributed by atoms with E-state index in [4.69, 9.17) is 5.11 Å². The number of carboxylic acid groups (broad SMARTS) is 1. The molecular formula is C10H21NO2. The summed E-state index contributed by atoms with van der Waals surface area (Å²) in [5.41, 5.74) is 0. The van der Waals surface area contributed by atoms with Gasteiger partial charge in [-0.05, 0) is 33.9 Å². The highest BCUT2D eigenvalue weighted by Crippen LogP contribution is 2.08. The van der Waals surface area contributed by atoms with Gasteiger partial charge < -0.3 is 10.0 Å². The van der Waals surface area contributed by atoms with E-state index in [0.717, 1.165) is 25.7 Å². The molecule has 1 atom stereocenters. The number of carbonyl (C=O) groups is 1. The van der Waals surface area contributed by atoms with Crippen LogP contribution in [0.15, 0.2) is 0 Å². The molecule has 0 rings (SSSR count). The summed E-state index contributed by atoms with van der Waals surface area (Å²) in [5.74, 6) is -0.680. The van der Waals surface area contributed by atoms with Gasteiger partial charge in [-0.1, -0.05) is 12.8 Å². The quantitative estimate of drug-likeness (QED) is 0.619. The first-order chi connectivity index (χ1) is 6.04. The molecule has 1 N–H and O–H groups in total. The second-order valence-corrected chi connectivity index (χ2v) is 3.81. The van der Waals surface area contributed by atoms with Crippen molar-refractivity contribution in [2.75, 3.05) is 14.1 Å². The summed E-state index contributed by atoms with van der Waals surface area (Å²) < 4.78 is 0. The Morgan fingerprint density at radius 3 is 2.38 bits per heavy atom. The molecule has 0 heterocycles. The van der Waals surface area contributed by atoms with Crippen LogP contribution in [0.2, 0.25) is 0 Å². The Morgan fingerprint density at radius 2 is 1.92 bits per heavy atom. The van der Waals surface area contributed by atoms with Crippen LogP contribution in [0.4, 0.5) is 0 Å². The van der Waals surface area contributed by atoms with E-state index >= 15 is 0 Å². The second-order valence-electron chi connectivity index (χ2n) is 3.81. The average molecular weight is 187 g/mol. The number of hydrogen-bond donors (Lipinski definition) is 1. The van der Waals surface area contributed by atoms with Crippen molar-refractivity contribution < 1.29 is 9.90 Å². The van der Waals surface area contributed by atoms with Gasteiger partial charge in [0.15, 0.2) is 0 Å². The maximum atomic E-state index is 10.2.